The summed E-state index contributed by atoms with van der Waals surface area (Å²) in [6.07, 6.45) is 1.93. The molecule has 0 spiro atoms. The zero-order valence-corrected chi connectivity index (χ0v) is 19.7. The monoisotopic (exact) mass is 457 g/mol. The molecule has 0 fully saturated rings. The van der Waals surface area contributed by atoms with E-state index in [0.717, 1.165) is 35.4 Å². The molecule has 0 bridgehead atoms. The van der Waals surface area contributed by atoms with E-state index in [0.29, 0.717) is 19.4 Å². The number of carbonyl (C=O) groups excluding carboxylic acids is 2. The topological polar surface area (TPSA) is 63.1 Å². The highest BCUT2D eigenvalue weighted by Crippen LogP contribution is 2.35. The Morgan fingerprint density at radius 1 is 1.12 bits per heavy atom. The first-order valence-electron chi connectivity index (χ1n) is 11.2. The van der Waals surface area contributed by atoms with Crippen molar-refractivity contribution < 1.29 is 9.59 Å². The van der Waals surface area contributed by atoms with Crippen molar-refractivity contribution in [3.8, 4) is 22.3 Å². The number of aldehydes is 1. The predicted octanol–water partition coefficient (Wildman–Crippen LogP) is 4.71. The van der Waals surface area contributed by atoms with Gasteiger partial charge in [-0.15, -0.1) is 11.3 Å². The Labute approximate surface area is 197 Å². The van der Waals surface area contributed by atoms with Gasteiger partial charge in [0.1, 0.15) is 6.29 Å². The quantitative estimate of drug-likeness (QED) is 0.229. The lowest BCUT2D eigenvalue weighted by Crippen LogP contribution is -2.22. The summed E-state index contributed by atoms with van der Waals surface area (Å²) < 4.78 is 2.36. The molecule has 0 aliphatic carbocycles. The van der Waals surface area contributed by atoms with Gasteiger partial charge in [0.15, 0.2) is 0 Å². The number of fused-ring (bicyclic) bond motifs is 3. The van der Waals surface area contributed by atoms with Crippen molar-refractivity contribution in [1.82, 2.24) is 15.2 Å². The Bertz CT molecular complexity index is 1370. The number of hydrogen-bond acceptors (Lipinski definition) is 4. The van der Waals surface area contributed by atoms with E-state index >= 15 is 0 Å². The standard InChI is InChI=1S/C27H27N3O2S/c1-3-30-24-10-6-19(17-28-2)14-23(24)22-9-8-21(16-25(22)30)26-15-20(18-33-26)7-11-27(32)29-12-4-5-13-31/h6,8-10,13-16,18,28H,3-5,12,17H2,1-2H3,(H,29,32). The number of carbonyl (C=O) groups is 2. The van der Waals surface area contributed by atoms with Crippen LogP contribution >= 0.6 is 11.3 Å². The molecule has 2 aromatic heterocycles. The fraction of sp³-hybridized carbons (Fsp3) is 0.259. The second-order valence-corrected chi connectivity index (χ2v) is 8.78. The van der Waals surface area contributed by atoms with E-state index in [4.69, 9.17) is 0 Å². The molecule has 0 aliphatic rings. The van der Waals surface area contributed by atoms with E-state index in [-0.39, 0.29) is 5.91 Å². The van der Waals surface area contributed by atoms with Crippen molar-refractivity contribution in [3.63, 3.8) is 0 Å². The van der Waals surface area contributed by atoms with Crippen molar-refractivity contribution in [2.45, 2.75) is 32.9 Å². The first-order valence-corrected chi connectivity index (χ1v) is 12.0. The molecule has 4 rings (SSSR count). The van der Waals surface area contributed by atoms with Gasteiger partial charge < -0.3 is 20.0 Å². The van der Waals surface area contributed by atoms with Gasteiger partial charge in [-0.3, -0.25) is 4.79 Å². The van der Waals surface area contributed by atoms with Crippen LogP contribution in [-0.2, 0) is 22.7 Å². The summed E-state index contributed by atoms with van der Waals surface area (Å²) in [7, 11) is 1.97. The molecule has 4 aromatic rings. The van der Waals surface area contributed by atoms with Crippen molar-refractivity contribution in [3.05, 3.63) is 59.0 Å². The molecule has 33 heavy (non-hydrogen) atoms. The first-order chi connectivity index (χ1) is 16.1. The van der Waals surface area contributed by atoms with Gasteiger partial charge >= 0.3 is 0 Å². The third-order valence-corrected chi connectivity index (χ3v) is 6.60. The Morgan fingerprint density at radius 2 is 2.00 bits per heavy atom. The van der Waals surface area contributed by atoms with E-state index in [9.17, 15) is 9.59 Å². The summed E-state index contributed by atoms with van der Waals surface area (Å²) in [5.41, 5.74) is 5.72. The summed E-state index contributed by atoms with van der Waals surface area (Å²) in [6, 6.07) is 15.3. The Morgan fingerprint density at radius 3 is 2.79 bits per heavy atom. The Kier molecular flexibility index (Phi) is 7.23. The number of rotatable bonds is 8. The molecule has 2 aromatic carbocycles. The number of nitrogens with one attached hydrogen (secondary N) is 2. The van der Waals surface area contributed by atoms with Gasteiger partial charge in [0.2, 0.25) is 0 Å². The first kappa shape index (κ1) is 22.8. The molecule has 0 radical (unpaired) electrons. The van der Waals surface area contributed by atoms with Crippen LogP contribution in [0.15, 0.2) is 47.8 Å². The van der Waals surface area contributed by atoms with E-state index in [1.807, 2.05) is 18.5 Å². The minimum atomic E-state index is -0.319. The molecule has 1 amide bonds. The smallest absolute Gasteiger partial charge is 0.296 e. The highest BCUT2D eigenvalue weighted by Gasteiger charge is 2.12. The number of thiophene rings is 1. The number of nitrogens with zero attached hydrogens (tertiary/aromatic N) is 1. The molecule has 0 aliphatic heterocycles. The highest BCUT2D eigenvalue weighted by molar-refractivity contribution is 7.13. The highest BCUT2D eigenvalue weighted by atomic mass is 32.1. The number of benzene rings is 2. The fourth-order valence-corrected chi connectivity index (χ4v) is 4.91. The lowest BCUT2D eigenvalue weighted by molar-refractivity contribution is -0.116. The molecule has 2 heterocycles. The van der Waals surface area contributed by atoms with Crippen LogP contribution in [0.1, 0.15) is 30.9 Å². The second kappa shape index (κ2) is 10.5. The SMILES string of the molecule is CCn1c2ccc(CNC)cc2c2ccc(-c3cc(C#CC(=O)NCCCC=O)cs3)cc21. The van der Waals surface area contributed by atoms with Crippen molar-refractivity contribution in [2.24, 2.45) is 0 Å². The largest absolute Gasteiger partial charge is 0.345 e. The van der Waals surface area contributed by atoms with Crippen LogP contribution in [0.2, 0.25) is 0 Å². The van der Waals surface area contributed by atoms with Crippen molar-refractivity contribution >= 4 is 45.3 Å². The Balaban J connectivity index is 1.60. The summed E-state index contributed by atoms with van der Waals surface area (Å²) >= 11 is 1.63. The van der Waals surface area contributed by atoms with Gasteiger partial charge in [-0.25, -0.2) is 0 Å². The zero-order valence-electron chi connectivity index (χ0n) is 18.9. The normalized spacial score (nSPS) is 10.8. The number of aromatic nitrogens is 1. The molecule has 168 valence electrons. The number of hydrogen-bond donors (Lipinski definition) is 2. The molecule has 5 nitrogen and oxygen atoms in total. The van der Waals surface area contributed by atoms with Crippen LogP contribution in [0.3, 0.4) is 0 Å². The van der Waals surface area contributed by atoms with Gasteiger partial charge in [0.25, 0.3) is 5.91 Å². The summed E-state index contributed by atoms with van der Waals surface area (Å²) in [6.45, 7) is 4.39. The number of aryl methyl sites for hydroxylation is 1. The maximum absolute atomic E-state index is 11.8. The number of unbranched alkanes of at least 4 members (excludes halogenated alkanes) is 1. The lowest BCUT2D eigenvalue weighted by Gasteiger charge is -2.05. The molecule has 2 N–H and O–H groups in total. The fourth-order valence-electron chi connectivity index (χ4n) is 4.07. The molecule has 6 heteroatoms. The lowest BCUT2D eigenvalue weighted by atomic mass is 10.1. The zero-order chi connectivity index (χ0) is 23.2. The third-order valence-electron chi connectivity index (χ3n) is 5.62. The minimum absolute atomic E-state index is 0.319. The Hall–Kier alpha value is -3.40. The summed E-state index contributed by atoms with van der Waals surface area (Å²) in [5, 5.41) is 10.5. The van der Waals surface area contributed by atoms with E-state index < -0.39 is 0 Å². The van der Waals surface area contributed by atoms with Crippen LogP contribution in [-0.4, -0.2) is 30.4 Å². The predicted molar refractivity (Wildman–Crippen MR) is 136 cm³/mol. The molecule has 0 atom stereocenters. The van der Waals surface area contributed by atoms with E-state index in [1.54, 1.807) is 11.3 Å². The van der Waals surface area contributed by atoms with Crippen molar-refractivity contribution in [2.75, 3.05) is 13.6 Å². The average Bonchev–Trinajstić information content (AvgIpc) is 3.42. The van der Waals surface area contributed by atoms with E-state index in [2.05, 4.69) is 70.4 Å². The van der Waals surface area contributed by atoms with Gasteiger partial charge in [-0.1, -0.05) is 24.1 Å². The number of amides is 1. The van der Waals surface area contributed by atoms with Crippen LogP contribution in [0.4, 0.5) is 0 Å². The van der Waals surface area contributed by atoms with Crippen LogP contribution in [0.5, 0.6) is 0 Å². The van der Waals surface area contributed by atoms with Crippen LogP contribution in [0, 0.1) is 11.8 Å². The second-order valence-electron chi connectivity index (χ2n) is 7.87. The molecular formula is C27H27N3O2S. The van der Waals surface area contributed by atoms with Gasteiger partial charge in [0.05, 0.1) is 0 Å². The van der Waals surface area contributed by atoms with Crippen LogP contribution in [0.25, 0.3) is 32.2 Å². The molecule has 0 saturated heterocycles. The minimum Gasteiger partial charge on any atom is -0.345 e. The summed E-state index contributed by atoms with van der Waals surface area (Å²) in [4.78, 5) is 23.3. The van der Waals surface area contributed by atoms with Gasteiger partial charge in [-0.2, -0.15) is 0 Å². The summed E-state index contributed by atoms with van der Waals surface area (Å²) in [5.74, 6) is 5.25. The van der Waals surface area contributed by atoms with Gasteiger partial charge in [0, 0.05) is 69.6 Å². The van der Waals surface area contributed by atoms with Crippen molar-refractivity contribution in [1.29, 1.82) is 0 Å². The maximum Gasteiger partial charge on any atom is 0.296 e. The van der Waals surface area contributed by atoms with Crippen LogP contribution < -0.4 is 10.6 Å². The average molecular weight is 458 g/mol. The molecule has 0 unspecified atom stereocenters. The molecular weight excluding hydrogens is 430 g/mol. The van der Waals surface area contributed by atoms with E-state index in [1.165, 1.54) is 27.4 Å². The third kappa shape index (κ3) is 5.00. The van der Waals surface area contributed by atoms with Gasteiger partial charge in [-0.05, 0) is 55.8 Å². The maximum atomic E-state index is 11.8. The molecule has 0 saturated carbocycles.